The molecule has 0 unspecified atom stereocenters. The third kappa shape index (κ3) is 8.81. The number of nitrogens with one attached hydrogen (secondary N) is 1. The maximum absolute atomic E-state index is 12.6. The van der Waals surface area contributed by atoms with Gasteiger partial charge in [0, 0.05) is 24.8 Å². The number of carbonyl (C=O) groups is 2. The van der Waals surface area contributed by atoms with E-state index in [1.54, 1.807) is 7.11 Å². The molecule has 0 saturated carbocycles. The molecule has 5 nitrogen and oxygen atoms in total. The smallest absolute Gasteiger partial charge is 0.407 e. The number of methoxy groups -OCH3 is 1. The van der Waals surface area contributed by atoms with E-state index in [0.29, 0.717) is 19.3 Å². The first-order valence-electron chi connectivity index (χ1n) is 9.92. The third-order valence-corrected chi connectivity index (χ3v) is 4.36. The summed E-state index contributed by atoms with van der Waals surface area (Å²) in [5.41, 5.74) is 1.71. The molecule has 0 spiro atoms. The van der Waals surface area contributed by atoms with Crippen molar-refractivity contribution in [2.75, 3.05) is 7.11 Å². The van der Waals surface area contributed by atoms with E-state index in [0.717, 1.165) is 16.9 Å². The van der Waals surface area contributed by atoms with Crippen molar-refractivity contribution in [1.29, 1.82) is 0 Å². The summed E-state index contributed by atoms with van der Waals surface area (Å²) in [5.74, 6) is 0.867. The average molecular weight is 398 g/mol. The lowest BCUT2D eigenvalue weighted by Crippen LogP contribution is -2.42. The number of rotatable bonds is 9. The normalized spacial score (nSPS) is 12.1. The Bertz CT molecular complexity index is 779. The molecular weight excluding hydrogens is 366 g/mol. The summed E-state index contributed by atoms with van der Waals surface area (Å²) in [6.07, 6.45) is 0.760. The van der Waals surface area contributed by atoms with Crippen molar-refractivity contribution in [2.24, 2.45) is 0 Å². The maximum atomic E-state index is 12.6. The van der Waals surface area contributed by atoms with Crippen LogP contribution in [-0.2, 0) is 22.4 Å². The van der Waals surface area contributed by atoms with Gasteiger partial charge in [0.1, 0.15) is 17.6 Å². The fraction of sp³-hybridized carbons (Fsp3) is 0.417. The Balaban J connectivity index is 1.95. The molecule has 0 radical (unpaired) electrons. The van der Waals surface area contributed by atoms with Crippen molar-refractivity contribution in [3.63, 3.8) is 0 Å². The molecular formula is C24H31NO4. The number of Topliss-reactive ketones (excluding diaryl/α,β-unsaturated/α-hetero) is 1. The van der Waals surface area contributed by atoms with E-state index in [2.05, 4.69) is 5.32 Å². The minimum absolute atomic E-state index is 0.0744. The van der Waals surface area contributed by atoms with Crippen molar-refractivity contribution in [3.8, 4) is 5.75 Å². The first-order chi connectivity index (χ1) is 13.7. The van der Waals surface area contributed by atoms with Crippen LogP contribution in [0.5, 0.6) is 5.75 Å². The molecule has 1 amide bonds. The van der Waals surface area contributed by atoms with Crippen molar-refractivity contribution >= 4 is 11.9 Å². The number of aryl methyl sites for hydroxylation is 1. The summed E-state index contributed by atoms with van der Waals surface area (Å²) in [4.78, 5) is 24.8. The van der Waals surface area contributed by atoms with Gasteiger partial charge in [-0.1, -0.05) is 42.5 Å². The predicted octanol–water partition coefficient (Wildman–Crippen LogP) is 4.72. The van der Waals surface area contributed by atoms with Gasteiger partial charge in [-0.05, 0) is 50.5 Å². The summed E-state index contributed by atoms with van der Waals surface area (Å²) in [5, 5.41) is 2.79. The molecule has 0 heterocycles. The van der Waals surface area contributed by atoms with Gasteiger partial charge in [0.25, 0.3) is 0 Å². The van der Waals surface area contributed by atoms with Crippen LogP contribution in [0, 0.1) is 0 Å². The van der Waals surface area contributed by atoms with E-state index in [9.17, 15) is 9.59 Å². The Morgan fingerprint density at radius 2 is 1.62 bits per heavy atom. The minimum Gasteiger partial charge on any atom is -0.497 e. The zero-order valence-electron chi connectivity index (χ0n) is 17.7. The zero-order valence-corrected chi connectivity index (χ0v) is 17.7. The maximum Gasteiger partial charge on any atom is 0.407 e. The lowest BCUT2D eigenvalue weighted by Gasteiger charge is -2.23. The van der Waals surface area contributed by atoms with Gasteiger partial charge in [-0.25, -0.2) is 4.79 Å². The van der Waals surface area contributed by atoms with Gasteiger partial charge in [-0.3, -0.25) is 4.79 Å². The number of benzene rings is 2. The molecule has 1 N–H and O–H groups in total. The molecule has 1 atom stereocenters. The highest BCUT2D eigenvalue weighted by Crippen LogP contribution is 2.15. The Kier molecular flexibility index (Phi) is 8.25. The summed E-state index contributed by atoms with van der Waals surface area (Å²) >= 11 is 0. The average Bonchev–Trinajstić information content (AvgIpc) is 2.66. The molecule has 5 heteroatoms. The van der Waals surface area contributed by atoms with E-state index < -0.39 is 17.7 Å². The van der Waals surface area contributed by atoms with Crippen molar-refractivity contribution in [3.05, 3.63) is 65.7 Å². The largest absolute Gasteiger partial charge is 0.497 e. The topological polar surface area (TPSA) is 64.6 Å². The highest BCUT2D eigenvalue weighted by molar-refractivity contribution is 5.79. The van der Waals surface area contributed by atoms with Gasteiger partial charge in [-0.2, -0.15) is 0 Å². The van der Waals surface area contributed by atoms with Gasteiger partial charge < -0.3 is 14.8 Å². The molecule has 0 fully saturated rings. The van der Waals surface area contributed by atoms with E-state index >= 15 is 0 Å². The van der Waals surface area contributed by atoms with Crippen LogP contribution in [0.15, 0.2) is 54.6 Å². The fourth-order valence-corrected chi connectivity index (χ4v) is 2.95. The van der Waals surface area contributed by atoms with Crippen molar-refractivity contribution in [1.82, 2.24) is 5.32 Å². The third-order valence-electron chi connectivity index (χ3n) is 4.36. The molecule has 2 aromatic rings. The van der Waals surface area contributed by atoms with Crippen LogP contribution in [-0.4, -0.2) is 30.6 Å². The van der Waals surface area contributed by atoms with Gasteiger partial charge in [0.05, 0.1) is 7.11 Å². The zero-order chi connectivity index (χ0) is 21.3. The van der Waals surface area contributed by atoms with Gasteiger partial charge in [0.2, 0.25) is 0 Å². The molecule has 2 aromatic carbocycles. The van der Waals surface area contributed by atoms with Gasteiger partial charge in [-0.15, -0.1) is 0 Å². The lowest BCUT2D eigenvalue weighted by molar-refractivity contribution is -0.120. The summed E-state index contributed by atoms with van der Waals surface area (Å²) in [7, 11) is 1.63. The second-order valence-corrected chi connectivity index (χ2v) is 8.18. The number of hydrogen-bond donors (Lipinski definition) is 1. The van der Waals surface area contributed by atoms with E-state index in [1.165, 1.54) is 0 Å². The Labute approximate surface area is 173 Å². The predicted molar refractivity (Wildman–Crippen MR) is 114 cm³/mol. The molecule has 0 saturated heterocycles. The van der Waals surface area contributed by atoms with Crippen molar-refractivity contribution in [2.45, 2.75) is 58.1 Å². The number of alkyl carbamates (subject to hydrolysis) is 1. The number of carbonyl (C=O) groups excluding carboxylic acids is 2. The molecule has 29 heavy (non-hydrogen) atoms. The van der Waals surface area contributed by atoms with Crippen LogP contribution < -0.4 is 10.1 Å². The van der Waals surface area contributed by atoms with Crippen LogP contribution in [0.2, 0.25) is 0 Å². The van der Waals surface area contributed by atoms with Crippen molar-refractivity contribution < 1.29 is 19.1 Å². The van der Waals surface area contributed by atoms with Crippen LogP contribution in [0.3, 0.4) is 0 Å². The molecule has 0 aliphatic carbocycles. The summed E-state index contributed by atoms with van der Waals surface area (Å²) in [6.45, 7) is 5.67. The van der Waals surface area contributed by atoms with Gasteiger partial charge >= 0.3 is 6.09 Å². The van der Waals surface area contributed by atoms with Crippen LogP contribution >= 0.6 is 0 Å². The molecule has 0 bridgehead atoms. The van der Waals surface area contributed by atoms with E-state index in [4.69, 9.17) is 9.47 Å². The fourth-order valence-electron chi connectivity index (χ4n) is 2.95. The molecule has 0 aliphatic rings. The van der Waals surface area contributed by atoms with Crippen LogP contribution in [0.25, 0.3) is 0 Å². The number of ketones is 1. The molecule has 0 aliphatic heterocycles. The first-order valence-corrected chi connectivity index (χ1v) is 9.92. The Hall–Kier alpha value is -2.82. The van der Waals surface area contributed by atoms with Crippen LogP contribution in [0.4, 0.5) is 4.79 Å². The van der Waals surface area contributed by atoms with Gasteiger partial charge in [0.15, 0.2) is 0 Å². The standard InChI is InChI=1S/C24H31NO4/c1-24(2,3)25-23(27)29-22(16-19-8-6-5-7-9-19)17-20(26)13-10-18-11-14-21(28-4)15-12-18/h5-9,11-12,14-15,22H,10,13,16-17H2,1-4H3,(H,25,27)/t22-/m0/s1. The number of ether oxygens (including phenoxy) is 2. The summed E-state index contributed by atoms with van der Waals surface area (Å²) < 4.78 is 10.8. The highest BCUT2D eigenvalue weighted by atomic mass is 16.6. The Morgan fingerprint density at radius 3 is 2.21 bits per heavy atom. The molecule has 156 valence electrons. The monoisotopic (exact) mass is 397 g/mol. The SMILES string of the molecule is COc1ccc(CCC(=O)C[C@H](Cc2ccccc2)OC(=O)NC(C)(C)C)cc1. The van der Waals surface area contributed by atoms with E-state index in [-0.39, 0.29) is 12.2 Å². The van der Waals surface area contributed by atoms with Crippen LogP contribution in [0.1, 0.15) is 44.7 Å². The molecule has 2 rings (SSSR count). The minimum atomic E-state index is -0.499. The van der Waals surface area contributed by atoms with E-state index in [1.807, 2.05) is 75.4 Å². The Morgan fingerprint density at radius 1 is 0.966 bits per heavy atom. The second kappa shape index (κ2) is 10.6. The number of hydrogen-bond acceptors (Lipinski definition) is 4. The number of amides is 1. The second-order valence-electron chi connectivity index (χ2n) is 8.18. The lowest BCUT2D eigenvalue weighted by atomic mass is 10.00. The molecule has 0 aromatic heterocycles. The first kappa shape index (κ1) is 22.5. The quantitative estimate of drug-likeness (QED) is 0.665. The highest BCUT2D eigenvalue weighted by Gasteiger charge is 2.22. The summed E-state index contributed by atoms with van der Waals surface area (Å²) in [6, 6.07) is 17.4.